The standard InChI is InChI=1S/C14H18BrN3O2/c1-16-13(12-4-2-3-5-20-12)8-6-10-11(7-9(8)15)18-14(19)17-10/h6-7,12-13,16H,2-5H2,1H3,(H2,17,18,19). The van der Waals surface area contributed by atoms with E-state index in [9.17, 15) is 4.79 Å². The zero-order valence-corrected chi connectivity index (χ0v) is 12.9. The molecule has 1 saturated heterocycles. The predicted octanol–water partition coefficient (Wildman–Crippen LogP) is 2.45. The molecule has 108 valence electrons. The van der Waals surface area contributed by atoms with Crippen molar-refractivity contribution < 1.29 is 4.74 Å². The van der Waals surface area contributed by atoms with Crippen LogP contribution in [0.25, 0.3) is 11.0 Å². The molecule has 1 fully saturated rings. The molecule has 0 bridgehead atoms. The van der Waals surface area contributed by atoms with Gasteiger partial charge >= 0.3 is 5.69 Å². The third-order valence-electron chi connectivity index (χ3n) is 3.87. The van der Waals surface area contributed by atoms with E-state index < -0.39 is 0 Å². The molecular weight excluding hydrogens is 322 g/mol. The Hall–Kier alpha value is -1.11. The number of fused-ring (bicyclic) bond motifs is 1. The fourth-order valence-corrected chi connectivity index (χ4v) is 3.47. The number of rotatable bonds is 3. The highest BCUT2D eigenvalue weighted by atomic mass is 79.9. The van der Waals surface area contributed by atoms with E-state index in [1.165, 1.54) is 6.42 Å². The fraction of sp³-hybridized carbons (Fsp3) is 0.500. The number of aromatic nitrogens is 2. The molecule has 2 aromatic rings. The smallest absolute Gasteiger partial charge is 0.323 e. The Morgan fingerprint density at radius 2 is 2.10 bits per heavy atom. The summed E-state index contributed by atoms with van der Waals surface area (Å²) in [5.41, 5.74) is 2.57. The number of ether oxygens (including phenoxy) is 1. The number of halogens is 1. The molecule has 3 rings (SSSR count). The number of benzene rings is 1. The van der Waals surface area contributed by atoms with Crippen LogP contribution in [-0.4, -0.2) is 29.7 Å². The molecule has 3 N–H and O–H groups in total. The van der Waals surface area contributed by atoms with Gasteiger partial charge in [0.2, 0.25) is 0 Å². The molecule has 0 radical (unpaired) electrons. The van der Waals surface area contributed by atoms with Crippen molar-refractivity contribution in [1.29, 1.82) is 0 Å². The number of aromatic amines is 2. The average molecular weight is 340 g/mol. The number of hydrogen-bond acceptors (Lipinski definition) is 3. The Kier molecular flexibility index (Phi) is 3.96. The van der Waals surface area contributed by atoms with Gasteiger partial charge in [0.25, 0.3) is 0 Å². The summed E-state index contributed by atoms with van der Waals surface area (Å²) < 4.78 is 6.87. The summed E-state index contributed by atoms with van der Waals surface area (Å²) in [6.07, 6.45) is 3.56. The molecule has 6 heteroatoms. The molecule has 1 aliphatic heterocycles. The first kappa shape index (κ1) is 13.9. The number of H-pyrrole nitrogens is 2. The molecule has 2 heterocycles. The Labute approximate surface area is 125 Å². The van der Waals surface area contributed by atoms with Crippen LogP contribution in [0.15, 0.2) is 21.4 Å². The second kappa shape index (κ2) is 5.71. The quantitative estimate of drug-likeness (QED) is 0.804. The predicted molar refractivity (Wildman–Crippen MR) is 82.0 cm³/mol. The maximum Gasteiger partial charge on any atom is 0.323 e. The Morgan fingerprint density at radius 3 is 2.75 bits per heavy atom. The summed E-state index contributed by atoms with van der Waals surface area (Å²) in [6.45, 7) is 0.823. The molecule has 5 nitrogen and oxygen atoms in total. The van der Waals surface area contributed by atoms with Gasteiger partial charge in [-0.3, -0.25) is 0 Å². The number of hydrogen-bond donors (Lipinski definition) is 3. The van der Waals surface area contributed by atoms with E-state index >= 15 is 0 Å². The van der Waals surface area contributed by atoms with Gasteiger partial charge in [0.1, 0.15) is 0 Å². The number of nitrogens with one attached hydrogen (secondary N) is 3. The number of likely N-dealkylation sites (N-methyl/N-ethyl adjacent to an activating group) is 1. The zero-order chi connectivity index (χ0) is 14.1. The highest BCUT2D eigenvalue weighted by Gasteiger charge is 2.26. The summed E-state index contributed by atoms with van der Waals surface area (Å²) >= 11 is 3.60. The molecule has 1 aromatic heterocycles. The lowest BCUT2D eigenvalue weighted by atomic mass is 9.95. The van der Waals surface area contributed by atoms with E-state index in [1.54, 1.807) is 0 Å². The van der Waals surface area contributed by atoms with Crippen LogP contribution in [0.2, 0.25) is 0 Å². The monoisotopic (exact) mass is 339 g/mol. The van der Waals surface area contributed by atoms with Crippen molar-refractivity contribution in [3.63, 3.8) is 0 Å². The van der Waals surface area contributed by atoms with E-state index in [2.05, 4.69) is 31.2 Å². The molecule has 2 unspecified atom stereocenters. The molecular formula is C14H18BrN3O2. The average Bonchev–Trinajstić information content (AvgIpc) is 2.80. The van der Waals surface area contributed by atoms with Gasteiger partial charge in [-0.05, 0) is 44.0 Å². The van der Waals surface area contributed by atoms with Crippen LogP contribution in [0.1, 0.15) is 30.9 Å². The first-order valence-corrected chi connectivity index (χ1v) is 7.68. The normalized spacial score (nSPS) is 21.2. The summed E-state index contributed by atoms with van der Waals surface area (Å²) in [4.78, 5) is 17.0. The minimum Gasteiger partial charge on any atom is -0.376 e. The van der Waals surface area contributed by atoms with Gasteiger partial charge in [0, 0.05) is 11.1 Å². The topological polar surface area (TPSA) is 69.9 Å². The van der Waals surface area contributed by atoms with Crippen molar-refractivity contribution in [2.75, 3.05) is 13.7 Å². The van der Waals surface area contributed by atoms with Crippen LogP contribution in [0.4, 0.5) is 0 Å². The van der Waals surface area contributed by atoms with E-state index in [-0.39, 0.29) is 17.8 Å². The molecule has 0 spiro atoms. The first-order chi connectivity index (χ1) is 9.69. The van der Waals surface area contributed by atoms with Crippen LogP contribution in [-0.2, 0) is 4.74 Å². The lowest BCUT2D eigenvalue weighted by Gasteiger charge is -2.31. The molecule has 1 aromatic carbocycles. The summed E-state index contributed by atoms with van der Waals surface area (Å²) in [6, 6.07) is 4.07. The van der Waals surface area contributed by atoms with Gasteiger partial charge in [-0.15, -0.1) is 0 Å². The van der Waals surface area contributed by atoms with Crippen molar-refractivity contribution >= 4 is 27.0 Å². The Morgan fingerprint density at radius 1 is 1.35 bits per heavy atom. The fourth-order valence-electron chi connectivity index (χ4n) is 2.88. The van der Waals surface area contributed by atoms with E-state index in [0.29, 0.717) is 0 Å². The lowest BCUT2D eigenvalue weighted by Crippen LogP contribution is -2.34. The Bertz CT molecular complexity index is 658. The van der Waals surface area contributed by atoms with Crippen LogP contribution in [0.3, 0.4) is 0 Å². The highest BCUT2D eigenvalue weighted by molar-refractivity contribution is 9.10. The van der Waals surface area contributed by atoms with Crippen molar-refractivity contribution in [3.05, 3.63) is 32.7 Å². The third kappa shape index (κ3) is 2.55. The molecule has 20 heavy (non-hydrogen) atoms. The molecule has 0 saturated carbocycles. The largest absolute Gasteiger partial charge is 0.376 e. The summed E-state index contributed by atoms with van der Waals surface area (Å²) in [5.74, 6) is 0. The van der Waals surface area contributed by atoms with Crippen molar-refractivity contribution in [3.8, 4) is 0 Å². The molecule has 1 aliphatic rings. The van der Waals surface area contributed by atoms with E-state index in [1.807, 2.05) is 19.2 Å². The minimum absolute atomic E-state index is 0.118. The van der Waals surface area contributed by atoms with E-state index in [4.69, 9.17) is 4.74 Å². The highest BCUT2D eigenvalue weighted by Crippen LogP contribution is 2.32. The second-order valence-corrected chi connectivity index (χ2v) is 6.02. The summed E-state index contributed by atoms with van der Waals surface area (Å²) in [7, 11) is 1.94. The van der Waals surface area contributed by atoms with Crippen LogP contribution >= 0.6 is 15.9 Å². The lowest BCUT2D eigenvalue weighted by molar-refractivity contribution is -0.00673. The van der Waals surface area contributed by atoms with E-state index in [0.717, 1.165) is 40.5 Å². The van der Waals surface area contributed by atoms with Crippen molar-refractivity contribution in [1.82, 2.24) is 15.3 Å². The van der Waals surface area contributed by atoms with Crippen LogP contribution in [0.5, 0.6) is 0 Å². The minimum atomic E-state index is -0.182. The zero-order valence-electron chi connectivity index (χ0n) is 11.3. The van der Waals surface area contributed by atoms with Gasteiger partial charge < -0.3 is 20.0 Å². The van der Waals surface area contributed by atoms with Crippen LogP contribution < -0.4 is 11.0 Å². The van der Waals surface area contributed by atoms with Gasteiger partial charge in [-0.1, -0.05) is 15.9 Å². The maximum atomic E-state index is 11.4. The Balaban J connectivity index is 2.01. The number of imidazole rings is 1. The first-order valence-electron chi connectivity index (χ1n) is 6.89. The maximum absolute atomic E-state index is 11.4. The van der Waals surface area contributed by atoms with Gasteiger partial charge in [0.15, 0.2) is 0 Å². The van der Waals surface area contributed by atoms with Crippen LogP contribution in [0, 0.1) is 0 Å². The van der Waals surface area contributed by atoms with Gasteiger partial charge in [0.05, 0.1) is 23.2 Å². The molecule has 2 atom stereocenters. The van der Waals surface area contributed by atoms with Gasteiger partial charge in [-0.2, -0.15) is 0 Å². The van der Waals surface area contributed by atoms with Crippen molar-refractivity contribution in [2.24, 2.45) is 0 Å². The van der Waals surface area contributed by atoms with Gasteiger partial charge in [-0.25, -0.2) is 4.79 Å². The van der Waals surface area contributed by atoms with Crippen molar-refractivity contribution in [2.45, 2.75) is 31.4 Å². The summed E-state index contributed by atoms with van der Waals surface area (Å²) in [5, 5.41) is 3.34. The second-order valence-electron chi connectivity index (χ2n) is 5.17. The SMILES string of the molecule is CNC(c1cc2[nH]c(=O)[nH]c2cc1Br)C1CCCCO1. The third-order valence-corrected chi connectivity index (χ3v) is 4.55. The molecule has 0 aliphatic carbocycles. The molecule has 0 amide bonds.